The van der Waals surface area contributed by atoms with Crippen LogP contribution in [0.5, 0.6) is 0 Å². The topological polar surface area (TPSA) is 68.0 Å². The van der Waals surface area contributed by atoms with E-state index in [1.54, 1.807) is 0 Å². The van der Waals surface area contributed by atoms with Gasteiger partial charge in [-0.3, -0.25) is 4.79 Å². The fourth-order valence-electron chi connectivity index (χ4n) is 2.50. The Morgan fingerprint density at radius 2 is 2.05 bits per heavy atom. The second-order valence-electron chi connectivity index (χ2n) is 5.76. The van der Waals surface area contributed by atoms with E-state index in [9.17, 15) is 14.3 Å². The summed E-state index contributed by atoms with van der Waals surface area (Å²) in [7, 11) is 0. The molecular weight excluding hydrogens is 273 g/mol. The normalized spacial score (nSPS) is 21.3. The highest BCUT2D eigenvalue weighted by molar-refractivity contribution is 5.98. The number of Topliss-reactive ketones (excluding diaryl/α,β-unsaturated/α-hetero) is 1. The number of fused-ring (bicyclic) bond motifs is 1. The number of hydrogen-bond acceptors (Lipinski definition) is 4. The monoisotopic (exact) mass is 289 g/mol. The molecule has 0 amide bonds. The largest absolute Gasteiger partial charge is 0.382 e. The van der Waals surface area contributed by atoms with Gasteiger partial charge in [-0.25, -0.2) is 14.1 Å². The molecule has 1 aliphatic heterocycles. The quantitative estimate of drug-likeness (QED) is 0.880. The summed E-state index contributed by atoms with van der Waals surface area (Å²) in [6.45, 7) is 2.73. The summed E-state index contributed by atoms with van der Waals surface area (Å²) in [6.07, 6.45) is -0.998. The Kier molecular flexibility index (Phi) is 3.13. The van der Waals surface area contributed by atoms with Crippen molar-refractivity contribution in [2.45, 2.75) is 38.1 Å². The minimum absolute atomic E-state index is 0.138. The molecule has 2 heterocycles. The van der Waals surface area contributed by atoms with Crippen LogP contribution < -0.4 is 0 Å². The number of nitrogens with zero attached hydrogens (tertiary/aromatic N) is 3. The average Bonchev–Trinajstić information content (AvgIpc) is 2.99. The lowest BCUT2D eigenvalue weighted by Gasteiger charge is -2.13. The maximum absolute atomic E-state index is 14.1. The molecule has 0 radical (unpaired) electrons. The molecule has 1 N–H and O–H groups in total. The van der Waals surface area contributed by atoms with E-state index >= 15 is 0 Å². The van der Waals surface area contributed by atoms with Gasteiger partial charge in [-0.1, -0.05) is 30.3 Å². The number of rotatable bonds is 3. The average molecular weight is 289 g/mol. The molecule has 0 fully saturated rings. The van der Waals surface area contributed by atoms with E-state index in [2.05, 4.69) is 10.1 Å². The van der Waals surface area contributed by atoms with Crippen LogP contribution in [-0.2, 0) is 0 Å². The number of aromatic nitrogens is 3. The van der Waals surface area contributed by atoms with Gasteiger partial charge < -0.3 is 5.11 Å². The van der Waals surface area contributed by atoms with Crippen LogP contribution in [0.1, 0.15) is 54.5 Å². The molecule has 21 heavy (non-hydrogen) atoms. The van der Waals surface area contributed by atoms with Gasteiger partial charge in [-0.15, -0.1) is 5.10 Å². The highest BCUT2D eigenvalue weighted by atomic mass is 19.1. The van der Waals surface area contributed by atoms with Crippen LogP contribution >= 0.6 is 0 Å². The van der Waals surface area contributed by atoms with Gasteiger partial charge in [0.2, 0.25) is 11.6 Å². The second kappa shape index (κ2) is 4.73. The Morgan fingerprint density at radius 1 is 1.38 bits per heavy atom. The predicted molar refractivity (Wildman–Crippen MR) is 73.7 cm³/mol. The first-order chi connectivity index (χ1) is 9.88. The molecule has 0 unspecified atom stereocenters. The predicted octanol–water partition coefficient (Wildman–Crippen LogP) is 2.24. The first-order valence-corrected chi connectivity index (χ1v) is 6.80. The van der Waals surface area contributed by atoms with Crippen LogP contribution in [0.4, 0.5) is 4.39 Å². The molecule has 3 rings (SSSR count). The summed E-state index contributed by atoms with van der Waals surface area (Å²) in [6, 6.07) is 9.15. The van der Waals surface area contributed by atoms with Crippen molar-refractivity contribution >= 4 is 5.78 Å². The number of halogens is 1. The Hall–Kier alpha value is -2.08. The molecule has 110 valence electrons. The number of ketones is 1. The minimum atomic E-state index is -1.57. The molecule has 0 saturated carbocycles. The Balaban J connectivity index is 2.01. The molecule has 1 aromatic heterocycles. The summed E-state index contributed by atoms with van der Waals surface area (Å²) >= 11 is 0. The van der Waals surface area contributed by atoms with Crippen LogP contribution in [0, 0.1) is 0 Å². The van der Waals surface area contributed by atoms with E-state index in [1.165, 1.54) is 18.5 Å². The number of aliphatic hydroxyl groups is 1. The van der Waals surface area contributed by atoms with E-state index < -0.39 is 17.6 Å². The van der Waals surface area contributed by atoms with Gasteiger partial charge in [-0.05, 0) is 19.4 Å². The van der Waals surface area contributed by atoms with Crippen molar-refractivity contribution in [1.82, 2.24) is 14.8 Å². The third-order valence-corrected chi connectivity index (χ3v) is 3.61. The van der Waals surface area contributed by atoms with Crippen molar-refractivity contribution in [1.29, 1.82) is 0 Å². The van der Waals surface area contributed by atoms with Crippen molar-refractivity contribution in [2.24, 2.45) is 0 Å². The molecule has 1 aromatic carbocycles. The van der Waals surface area contributed by atoms with Crippen molar-refractivity contribution < 1.29 is 14.3 Å². The van der Waals surface area contributed by atoms with Gasteiger partial charge in [0.05, 0.1) is 6.04 Å². The lowest BCUT2D eigenvalue weighted by Crippen LogP contribution is -2.32. The van der Waals surface area contributed by atoms with Crippen molar-refractivity contribution in [3.63, 3.8) is 0 Å². The molecule has 2 atom stereocenters. The van der Waals surface area contributed by atoms with Gasteiger partial charge in [0.1, 0.15) is 5.60 Å². The van der Waals surface area contributed by atoms with E-state index in [4.69, 9.17) is 0 Å². The van der Waals surface area contributed by atoms with E-state index in [-0.39, 0.29) is 24.1 Å². The van der Waals surface area contributed by atoms with Gasteiger partial charge in [-0.2, -0.15) is 0 Å². The highest BCUT2D eigenvalue weighted by Crippen LogP contribution is 2.39. The fourth-order valence-corrected chi connectivity index (χ4v) is 2.50. The summed E-state index contributed by atoms with van der Waals surface area (Å²) in [5, 5.41) is 13.9. The number of carbonyl (C=O) groups is 1. The molecule has 1 aliphatic rings. The minimum Gasteiger partial charge on any atom is -0.382 e. The fraction of sp³-hybridized carbons (Fsp3) is 0.400. The first kappa shape index (κ1) is 13.9. The van der Waals surface area contributed by atoms with Gasteiger partial charge in [0.25, 0.3) is 0 Å². The van der Waals surface area contributed by atoms with Crippen molar-refractivity contribution in [3.8, 4) is 0 Å². The van der Waals surface area contributed by atoms with Crippen molar-refractivity contribution in [2.75, 3.05) is 0 Å². The zero-order chi connectivity index (χ0) is 15.2. The number of benzene rings is 1. The first-order valence-electron chi connectivity index (χ1n) is 6.80. The standard InChI is InChI=1S/C15H16FN3O2/c1-15(2,21)12(20)13-17-14-10(16)8-11(19(14)18-13)9-6-4-3-5-7-9/h3-7,10-11,21H,8H2,1-2H3/t10-,11-/m0/s1. The molecule has 0 aliphatic carbocycles. The lowest BCUT2D eigenvalue weighted by molar-refractivity contribution is 0.0475. The van der Waals surface area contributed by atoms with E-state index in [1.807, 2.05) is 30.3 Å². The van der Waals surface area contributed by atoms with Crippen LogP contribution in [0.2, 0.25) is 0 Å². The smallest absolute Gasteiger partial charge is 0.232 e. The molecule has 2 aromatic rings. The maximum atomic E-state index is 14.1. The van der Waals surface area contributed by atoms with Crippen LogP contribution in [0.15, 0.2) is 30.3 Å². The molecule has 5 nitrogen and oxygen atoms in total. The number of hydrogen-bond donors (Lipinski definition) is 1. The molecular formula is C15H16FN3O2. The second-order valence-corrected chi connectivity index (χ2v) is 5.76. The molecule has 0 bridgehead atoms. The van der Waals surface area contributed by atoms with Crippen LogP contribution in [0.3, 0.4) is 0 Å². The lowest BCUT2D eigenvalue weighted by atomic mass is 10.0. The summed E-state index contributed by atoms with van der Waals surface area (Å²) in [5.74, 6) is -0.597. The molecule has 6 heteroatoms. The summed E-state index contributed by atoms with van der Waals surface area (Å²) in [5.41, 5.74) is -0.650. The maximum Gasteiger partial charge on any atom is 0.232 e. The van der Waals surface area contributed by atoms with Gasteiger partial charge >= 0.3 is 0 Å². The SMILES string of the molecule is CC(C)(O)C(=O)c1nc2n(n1)[C@H](c1ccccc1)C[C@@H]2F. The number of carbonyl (C=O) groups excluding carboxylic acids is 1. The Labute approximate surface area is 121 Å². The molecule has 0 saturated heterocycles. The van der Waals surface area contributed by atoms with Gasteiger partial charge in [0, 0.05) is 6.42 Å². The molecule has 0 spiro atoms. The van der Waals surface area contributed by atoms with Crippen LogP contribution in [-0.4, -0.2) is 31.3 Å². The third-order valence-electron chi connectivity index (χ3n) is 3.61. The number of alkyl halides is 1. The summed E-state index contributed by atoms with van der Waals surface area (Å²) < 4.78 is 15.6. The van der Waals surface area contributed by atoms with E-state index in [0.29, 0.717) is 0 Å². The van der Waals surface area contributed by atoms with Crippen molar-refractivity contribution in [3.05, 3.63) is 47.5 Å². The van der Waals surface area contributed by atoms with E-state index in [0.717, 1.165) is 5.56 Å². The zero-order valence-electron chi connectivity index (χ0n) is 11.8. The zero-order valence-corrected chi connectivity index (χ0v) is 11.8. The van der Waals surface area contributed by atoms with Gasteiger partial charge in [0.15, 0.2) is 12.0 Å². The third kappa shape index (κ3) is 2.35. The van der Waals surface area contributed by atoms with Crippen LogP contribution in [0.25, 0.3) is 0 Å². The summed E-state index contributed by atoms with van der Waals surface area (Å²) in [4.78, 5) is 16.0. The Bertz CT molecular complexity index is 676. The Morgan fingerprint density at radius 3 is 2.67 bits per heavy atom. The highest BCUT2D eigenvalue weighted by Gasteiger charge is 2.38.